The third-order valence-corrected chi connectivity index (χ3v) is 2.52. The first-order valence-electron chi connectivity index (χ1n) is 4.45. The van der Waals surface area contributed by atoms with E-state index in [0.717, 1.165) is 6.42 Å². The van der Waals surface area contributed by atoms with E-state index >= 15 is 0 Å². The number of ether oxygens (including phenoxy) is 1. The maximum absolute atomic E-state index is 11.1. The van der Waals surface area contributed by atoms with Gasteiger partial charge in [-0.25, -0.2) is 0 Å². The fourth-order valence-corrected chi connectivity index (χ4v) is 1.68. The second-order valence-electron chi connectivity index (χ2n) is 3.38. The maximum Gasteiger partial charge on any atom is 0.309 e. The van der Waals surface area contributed by atoms with E-state index in [4.69, 9.17) is 0 Å². The zero-order chi connectivity index (χ0) is 9.26. The Labute approximate surface area is 77.5 Å². The first-order chi connectivity index (χ1) is 6.33. The molecule has 0 aliphatic heterocycles. The molecule has 0 N–H and O–H groups in total. The van der Waals surface area contributed by atoms with Crippen LogP contribution >= 0.6 is 0 Å². The Bertz CT molecular complexity index is 305. The van der Waals surface area contributed by atoms with Crippen molar-refractivity contribution in [2.75, 3.05) is 7.11 Å². The number of hydrogen-bond donors (Lipinski definition) is 0. The fourth-order valence-electron chi connectivity index (χ4n) is 1.68. The average Bonchev–Trinajstić information content (AvgIpc) is 2.98. The Morgan fingerprint density at radius 3 is 2.69 bits per heavy atom. The third-order valence-electron chi connectivity index (χ3n) is 2.52. The zero-order valence-corrected chi connectivity index (χ0v) is 7.57. The standard InChI is InChI=1S/C11H12O2/c1-13-11(12)10-7-9(10)8-5-3-2-4-6-8/h2-6,9-10H,7H2,1H3/t9-,10+/m1/s1. The molecule has 0 bridgehead atoms. The summed E-state index contributed by atoms with van der Waals surface area (Å²) in [6, 6.07) is 10.1. The lowest BCUT2D eigenvalue weighted by atomic mass is 10.1. The Morgan fingerprint density at radius 1 is 1.38 bits per heavy atom. The Morgan fingerprint density at radius 2 is 2.08 bits per heavy atom. The van der Waals surface area contributed by atoms with Crippen LogP contribution in [0, 0.1) is 5.92 Å². The summed E-state index contributed by atoms with van der Waals surface area (Å²) in [7, 11) is 1.45. The second-order valence-corrected chi connectivity index (χ2v) is 3.38. The van der Waals surface area contributed by atoms with Crippen LogP contribution in [0.1, 0.15) is 17.9 Å². The minimum Gasteiger partial charge on any atom is -0.469 e. The van der Waals surface area contributed by atoms with Crippen molar-refractivity contribution in [3.63, 3.8) is 0 Å². The highest BCUT2D eigenvalue weighted by molar-refractivity contribution is 5.77. The second kappa shape index (κ2) is 3.21. The first kappa shape index (κ1) is 8.30. The van der Waals surface area contributed by atoms with Crippen molar-refractivity contribution in [2.24, 2.45) is 5.92 Å². The summed E-state index contributed by atoms with van der Waals surface area (Å²) in [6.45, 7) is 0. The molecule has 1 fully saturated rings. The van der Waals surface area contributed by atoms with E-state index in [-0.39, 0.29) is 11.9 Å². The predicted molar refractivity (Wildman–Crippen MR) is 49.3 cm³/mol. The summed E-state index contributed by atoms with van der Waals surface area (Å²) in [6.07, 6.45) is 0.941. The Balaban J connectivity index is 2.04. The van der Waals surface area contributed by atoms with Crippen LogP contribution in [0.5, 0.6) is 0 Å². The van der Waals surface area contributed by atoms with Gasteiger partial charge in [0.15, 0.2) is 0 Å². The lowest BCUT2D eigenvalue weighted by Crippen LogP contribution is -2.03. The molecule has 68 valence electrons. The highest BCUT2D eigenvalue weighted by atomic mass is 16.5. The molecule has 1 aromatic carbocycles. The summed E-state index contributed by atoms with van der Waals surface area (Å²) in [4.78, 5) is 11.1. The molecule has 2 rings (SSSR count). The molecular formula is C11H12O2. The molecule has 2 nitrogen and oxygen atoms in total. The van der Waals surface area contributed by atoms with Crippen LogP contribution in [0.2, 0.25) is 0 Å². The molecule has 1 aliphatic rings. The van der Waals surface area contributed by atoms with Crippen LogP contribution < -0.4 is 0 Å². The van der Waals surface area contributed by atoms with E-state index in [0.29, 0.717) is 5.92 Å². The fraction of sp³-hybridized carbons (Fsp3) is 0.364. The number of carbonyl (C=O) groups is 1. The lowest BCUT2D eigenvalue weighted by Gasteiger charge is -1.98. The van der Waals surface area contributed by atoms with E-state index in [1.54, 1.807) is 0 Å². The van der Waals surface area contributed by atoms with Crippen molar-refractivity contribution in [3.05, 3.63) is 35.9 Å². The molecule has 1 saturated carbocycles. The number of methoxy groups -OCH3 is 1. The van der Waals surface area contributed by atoms with Gasteiger partial charge in [0.25, 0.3) is 0 Å². The van der Waals surface area contributed by atoms with Gasteiger partial charge in [-0.1, -0.05) is 30.3 Å². The summed E-state index contributed by atoms with van der Waals surface area (Å²) >= 11 is 0. The molecule has 0 radical (unpaired) electrons. The van der Waals surface area contributed by atoms with E-state index in [2.05, 4.69) is 16.9 Å². The van der Waals surface area contributed by atoms with E-state index in [9.17, 15) is 4.79 Å². The van der Waals surface area contributed by atoms with Crippen molar-refractivity contribution in [1.29, 1.82) is 0 Å². The van der Waals surface area contributed by atoms with Crippen LogP contribution in [-0.4, -0.2) is 13.1 Å². The zero-order valence-electron chi connectivity index (χ0n) is 7.57. The molecule has 0 unspecified atom stereocenters. The van der Waals surface area contributed by atoms with Crippen LogP contribution in [0.15, 0.2) is 30.3 Å². The molecule has 0 aromatic heterocycles. The maximum atomic E-state index is 11.1. The highest BCUT2D eigenvalue weighted by Crippen LogP contribution is 2.47. The van der Waals surface area contributed by atoms with Gasteiger partial charge < -0.3 is 4.74 Å². The van der Waals surface area contributed by atoms with Gasteiger partial charge in [0.2, 0.25) is 0 Å². The van der Waals surface area contributed by atoms with Gasteiger partial charge in [-0.15, -0.1) is 0 Å². The van der Waals surface area contributed by atoms with Crippen molar-refractivity contribution in [2.45, 2.75) is 12.3 Å². The molecule has 2 heteroatoms. The monoisotopic (exact) mass is 176 g/mol. The first-order valence-corrected chi connectivity index (χ1v) is 4.45. The molecule has 2 atom stereocenters. The van der Waals surface area contributed by atoms with E-state index < -0.39 is 0 Å². The van der Waals surface area contributed by atoms with Crippen LogP contribution in [0.25, 0.3) is 0 Å². The van der Waals surface area contributed by atoms with Gasteiger partial charge in [-0.05, 0) is 17.9 Å². The molecule has 0 saturated heterocycles. The number of hydrogen-bond acceptors (Lipinski definition) is 2. The molecule has 0 heterocycles. The average molecular weight is 176 g/mol. The SMILES string of the molecule is COC(=O)[C@H]1C[C@@H]1c1ccccc1. The van der Waals surface area contributed by atoms with Gasteiger partial charge in [0.1, 0.15) is 0 Å². The van der Waals surface area contributed by atoms with Crippen LogP contribution in [-0.2, 0) is 9.53 Å². The van der Waals surface area contributed by atoms with Gasteiger partial charge in [0.05, 0.1) is 13.0 Å². The van der Waals surface area contributed by atoms with Crippen LogP contribution in [0.3, 0.4) is 0 Å². The van der Waals surface area contributed by atoms with Crippen molar-refractivity contribution in [1.82, 2.24) is 0 Å². The minimum absolute atomic E-state index is 0.0751. The minimum atomic E-state index is -0.0751. The van der Waals surface area contributed by atoms with E-state index in [1.807, 2.05) is 18.2 Å². The van der Waals surface area contributed by atoms with Crippen molar-refractivity contribution in [3.8, 4) is 0 Å². The highest BCUT2D eigenvalue weighted by Gasteiger charge is 2.44. The number of carbonyl (C=O) groups excluding carboxylic acids is 1. The Hall–Kier alpha value is -1.31. The molecule has 1 aromatic rings. The number of benzene rings is 1. The van der Waals surface area contributed by atoms with E-state index in [1.165, 1.54) is 12.7 Å². The van der Waals surface area contributed by atoms with Crippen LogP contribution in [0.4, 0.5) is 0 Å². The smallest absolute Gasteiger partial charge is 0.309 e. The summed E-state index contributed by atoms with van der Waals surface area (Å²) in [5, 5.41) is 0. The molecule has 0 amide bonds. The quantitative estimate of drug-likeness (QED) is 0.644. The molecule has 1 aliphatic carbocycles. The van der Waals surface area contributed by atoms with Gasteiger partial charge in [-0.3, -0.25) is 4.79 Å². The number of rotatable bonds is 2. The Kier molecular flexibility index (Phi) is 2.05. The summed E-state index contributed by atoms with van der Waals surface area (Å²) in [5.41, 5.74) is 1.25. The summed E-state index contributed by atoms with van der Waals surface area (Å²) < 4.78 is 4.69. The third kappa shape index (κ3) is 1.57. The lowest BCUT2D eigenvalue weighted by molar-refractivity contribution is -0.142. The predicted octanol–water partition coefficient (Wildman–Crippen LogP) is 1.96. The van der Waals surface area contributed by atoms with Crippen molar-refractivity contribution >= 4 is 5.97 Å². The van der Waals surface area contributed by atoms with Crippen molar-refractivity contribution < 1.29 is 9.53 Å². The largest absolute Gasteiger partial charge is 0.469 e. The van der Waals surface area contributed by atoms with Gasteiger partial charge >= 0.3 is 5.97 Å². The normalized spacial score (nSPS) is 25.3. The molecule has 13 heavy (non-hydrogen) atoms. The van der Waals surface area contributed by atoms with Gasteiger partial charge in [-0.2, -0.15) is 0 Å². The molecule has 0 spiro atoms. The van der Waals surface area contributed by atoms with Gasteiger partial charge in [0, 0.05) is 0 Å². The molecular weight excluding hydrogens is 164 g/mol. The number of esters is 1. The summed E-state index contributed by atoms with van der Waals surface area (Å²) in [5.74, 6) is 0.426. The topological polar surface area (TPSA) is 26.3 Å².